The topological polar surface area (TPSA) is 54.0 Å². The molecule has 0 bridgehead atoms. The van der Waals surface area contributed by atoms with Crippen LogP contribution in [0.15, 0.2) is 30.3 Å². The monoisotopic (exact) mass is 340 g/mol. The molecule has 1 heterocycles. The standard InChI is InChI=1S/C18H25FO5/c1-4-5-11-22-12-14-15(19)18(2,17(21-3)23-14)24-16(20)13-9-7-6-8-10-13/h6-10,14-15,17H,4-5,11-12H2,1-3H3/t14-,15-,17+,18-/m1/s1. The lowest BCUT2D eigenvalue weighted by atomic mass is 9.98. The number of hydrogen-bond acceptors (Lipinski definition) is 5. The summed E-state index contributed by atoms with van der Waals surface area (Å²) < 4.78 is 36.5. The Morgan fingerprint density at radius 3 is 2.67 bits per heavy atom. The summed E-state index contributed by atoms with van der Waals surface area (Å²) in [5.41, 5.74) is -1.18. The van der Waals surface area contributed by atoms with Gasteiger partial charge in [-0.15, -0.1) is 0 Å². The van der Waals surface area contributed by atoms with Crippen molar-refractivity contribution in [1.29, 1.82) is 0 Å². The molecule has 0 N–H and O–H groups in total. The number of rotatable bonds is 8. The Balaban J connectivity index is 2.03. The Hall–Kier alpha value is -1.50. The maximum atomic E-state index is 14.9. The number of ether oxygens (including phenoxy) is 4. The molecule has 1 aliphatic rings. The third kappa shape index (κ3) is 4.12. The Kier molecular flexibility index (Phi) is 6.71. The second-order valence-corrected chi connectivity index (χ2v) is 6.01. The first-order chi connectivity index (χ1) is 11.5. The first-order valence-corrected chi connectivity index (χ1v) is 8.21. The van der Waals surface area contributed by atoms with Crippen LogP contribution >= 0.6 is 0 Å². The molecule has 1 aromatic carbocycles. The van der Waals surface area contributed by atoms with Crippen LogP contribution in [0.4, 0.5) is 4.39 Å². The van der Waals surface area contributed by atoms with Crippen molar-refractivity contribution < 1.29 is 28.1 Å². The third-order valence-corrected chi connectivity index (χ3v) is 4.10. The lowest BCUT2D eigenvalue weighted by Gasteiger charge is -2.30. The Morgan fingerprint density at radius 1 is 1.33 bits per heavy atom. The zero-order valence-electron chi connectivity index (χ0n) is 14.4. The molecular formula is C18H25FO5. The Morgan fingerprint density at radius 2 is 2.04 bits per heavy atom. The molecule has 1 aromatic rings. The van der Waals surface area contributed by atoms with E-state index in [1.165, 1.54) is 14.0 Å². The molecule has 24 heavy (non-hydrogen) atoms. The van der Waals surface area contributed by atoms with Crippen LogP contribution in [0.3, 0.4) is 0 Å². The quantitative estimate of drug-likeness (QED) is 0.537. The van der Waals surface area contributed by atoms with Crippen molar-refractivity contribution in [1.82, 2.24) is 0 Å². The van der Waals surface area contributed by atoms with Gasteiger partial charge in [-0.1, -0.05) is 31.5 Å². The van der Waals surface area contributed by atoms with Crippen molar-refractivity contribution >= 4 is 5.97 Å². The maximum Gasteiger partial charge on any atom is 0.338 e. The van der Waals surface area contributed by atoms with Crippen molar-refractivity contribution in [2.24, 2.45) is 0 Å². The van der Waals surface area contributed by atoms with Crippen molar-refractivity contribution in [2.45, 2.75) is 50.9 Å². The summed E-state index contributed by atoms with van der Waals surface area (Å²) in [7, 11) is 1.40. The third-order valence-electron chi connectivity index (χ3n) is 4.10. The van der Waals surface area contributed by atoms with Crippen LogP contribution < -0.4 is 0 Å². The molecule has 0 spiro atoms. The van der Waals surface area contributed by atoms with E-state index in [0.29, 0.717) is 12.2 Å². The number of hydrogen-bond donors (Lipinski definition) is 0. The smallest absolute Gasteiger partial charge is 0.338 e. The molecule has 0 amide bonds. The van der Waals surface area contributed by atoms with Crippen LogP contribution in [-0.4, -0.2) is 50.5 Å². The van der Waals surface area contributed by atoms with Gasteiger partial charge in [0.2, 0.25) is 6.29 Å². The van der Waals surface area contributed by atoms with Crippen LogP contribution in [0.25, 0.3) is 0 Å². The van der Waals surface area contributed by atoms with E-state index < -0.39 is 30.1 Å². The zero-order valence-corrected chi connectivity index (χ0v) is 14.4. The molecule has 0 saturated carbocycles. The molecule has 4 atom stereocenters. The molecule has 2 rings (SSSR count). The molecule has 0 aromatic heterocycles. The second-order valence-electron chi connectivity index (χ2n) is 6.01. The lowest BCUT2D eigenvalue weighted by molar-refractivity contribution is -0.187. The first-order valence-electron chi connectivity index (χ1n) is 8.21. The fourth-order valence-electron chi connectivity index (χ4n) is 2.66. The van der Waals surface area contributed by atoms with Crippen LogP contribution in [-0.2, 0) is 18.9 Å². The molecule has 6 heteroatoms. The van der Waals surface area contributed by atoms with E-state index in [-0.39, 0.29) is 6.61 Å². The summed E-state index contributed by atoms with van der Waals surface area (Å²) in [5, 5.41) is 0. The molecule has 1 saturated heterocycles. The summed E-state index contributed by atoms with van der Waals surface area (Å²) in [6.45, 7) is 4.17. The van der Waals surface area contributed by atoms with Gasteiger partial charge in [0.1, 0.15) is 6.10 Å². The molecule has 0 unspecified atom stereocenters. The highest BCUT2D eigenvalue weighted by Gasteiger charge is 2.58. The lowest BCUT2D eigenvalue weighted by Crippen LogP contribution is -2.48. The normalized spacial score (nSPS) is 29.6. The van der Waals surface area contributed by atoms with Gasteiger partial charge in [0, 0.05) is 13.7 Å². The highest BCUT2D eigenvalue weighted by molar-refractivity contribution is 5.89. The number of halogens is 1. The van der Waals surface area contributed by atoms with E-state index in [1.807, 2.05) is 0 Å². The van der Waals surface area contributed by atoms with Crippen molar-refractivity contribution in [3.05, 3.63) is 35.9 Å². The highest BCUT2D eigenvalue weighted by atomic mass is 19.1. The minimum absolute atomic E-state index is 0.0967. The molecule has 1 aliphatic heterocycles. The van der Waals surface area contributed by atoms with E-state index in [9.17, 15) is 9.18 Å². The number of carbonyl (C=O) groups excluding carboxylic acids is 1. The Bertz CT molecular complexity index is 523. The van der Waals surface area contributed by atoms with Crippen LogP contribution in [0, 0.1) is 0 Å². The fourth-order valence-corrected chi connectivity index (χ4v) is 2.66. The van der Waals surface area contributed by atoms with Gasteiger partial charge >= 0.3 is 5.97 Å². The molecule has 0 radical (unpaired) electrons. The second kappa shape index (κ2) is 8.55. The van der Waals surface area contributed by atoms with Gasteiger partial charge in [0.15, 0.2) is 11.8 Å². The molecular weight excluding hydrogens is 315 g/mol. The highest BCUT2D eigenvalue weighted by Crippen LogP contribution is 2.37. The number of benzene rings is 1. The van der Waals surface area contributed by atoms with Gasteiger partial charge < -0.3 is 18.9 Å². The van der Waals surface area contributed by atoms with E-state index in [1.54, 1.807) is 30.3 Å². The zero-order chi connectivity index (χ0) is 17.6. The van der Waals surface area contributed by atoms with Gasteiger partial charge in [-0.2, -0.15) is 0 Å². The van der Waals surface area contributed by atoms with Crippen LogP contribution in [0.1, 0.15) is 37.0 Å². The minimum atomic E-state index is -1.54. The van der Waals surface area contributed by atoms with Crippen LogP contribution in [0.2, 0.25) is 0 Å². The Labute approximate surface area is 142 Å². The number of alkyl halides is 1. The van der Waals surface area contributed by atoms with E-state index in [2.05, 4.69) is 6.92 Å². The average molecular weight is 340 g/mol. The van der Waals surface area contributed by atoms with Crippen molar-refractivity contribution in [2.75, 3.05) is 20.3 Å². The van der Waals surface area contributed by atoms with Crippen LogP contribution in [0.5, 0.6) is 0 Å². The molecule has 5 nitrogen and oxygen atoms in total. The van der Waals surface area contributed by atoms with Gasteiger partial charge in [-0.05, 0) is 25.5 Å². The summed E-state index contributed by atoms with van der Waals surface area (Å²) in [6.07, 6.45) is -1.47. The van der Waals surface area contributed by atoms with E-state index >= 15 is 0 Å². The predicted molar refractivity (Wildman–Crippen MR) is 86.6 cm³/mol. The van der Waals surface area contributed by atoms with Gasteiger partial charge in [-0.25, -0.2) is 9.18 Å². The number of esters is 1. The molecule has 134 valence electrons. The van der Waals surface area contributed by atoms with Gasteiger partial charge in [-0.3, -0.25) is 0 Å². The molecule has 1 fully saturated rings. The summed E-state index contributed by atoms with van der Waals surface area (Å²) in [4.78, 5) is 12.3. The number of unbranched alkanes of at least 4 members (excludes halogenated alkanes) is 1. The largest absolute Gasteiger partial charge is 0.447 e. The van der Waals surface area contributed by atoms with Crippen molar-refractivity contribution in [3.8, 4) is 0 Å². The summed E-state index contributed by atoms with van der Waals surface area (Å²) in [6, 6.07) is 8.45. The van der Waals surface area contributed by atoms with E-state index in [0.717, 1.165) is 12.8 Å². The van der Waals surface area contributed by atoms with Crippen molar-refractivity contribution in [3.63, 3.8) is 0 Å². The average Bonchev–Trinajstić information content (AvgIpc) is 2.83. The number of methoxy groups -OCH3 is 1. The van der Waals surface area contributed by atoms with Gasteiger partial charge in [0.05, 0.1) is 12.2 Å². The molecule has 0 aliphatic carbocycles. The SMILES string of the molecule is CCCCOC[C@H]1O[C@H](OC)[C@](C)(OC(=O)c2ccccc2)[C@@H]1F. The summed E-state index contributed by atoms with van der Waals surface area (Å²) in [5.74, 6) is -0.612. The van der Waals surface area contributed by atoms with E-state index in [4.69, 9.17) is 18.9 Å². The number of carbonyl (C=O) groups is 1. The summed E-state index contributed by atoms with van der Waals surface area (Å²) >= 11 is 0. The minimum Gasteiger partial charge on any atom is -0.447 e. The fraction of sp³-hybridized carbons (Fsp3) is 0.611. The first kappa shape index (κ1) is 18.8. The maximum absolute atomic E-state index is 14.9. The van der Waals surface area contributed by atoms with Gasteiger partial charge in [0.25, 0.3) is 0 Å². The predicted octanol–water partition coefficient (Wildman–Crippen LogP) is 3.13.